The van der Waals surface area contributed by atoms with E-state index in [2.05, 4.69) is 15.5 Å². The number of rotatable bonds is 3. The zero-order valence-electron chi connectivity index (χ0n) is 14.2. The van der Waals surface area contributed by atoms with Crippen LogP contribution >= 0.6 is 11.6 Å². The number of benzene rings is 2. The minimum absolute atomic E-state index is 0.150. The van der Waals surface area contributed by atoms with Crippen molar-refractivity contribution in [2.45, 2.75) is 6.92 Å². The molecule has 0 saturated heterocycles. The summed E-state index contributed by atoms with van der Waals surface area (Å²) in [6.45, 7) is 1.75. The average Bonchev–Trinajstić information content (AvgIpc) is 3.14. The van der Waals surface area contributed by atoms with Gasteiger partial charge in [-0.3, -0.25) is 9.59 Å². The number of H-pyrrole nitrogens is 1. The molecule has 0 aliphatic rings. The van der Waals surface area contributed by atoms with E-state index < -0.39 is 5.91 Å². The summed E-state index contributed by atoms with van der Waals surface area (Å²) in [6, 6.07) is 15.7. The molecule has 4 rings (SSSR count). The number of aryl methyl sites for hydroxylation is 1. The van der Waals surface area contributed by atoms with Crippen molar-refractivity contribution in [3.8, 4) is 11.3 Å². The number of fused-ring (bicyclic) bond motifs is 1. The molecule has 0 spiro atoms. The van der Waals surface area contributed by atoms with Gasteiger partial charge in [-0.15, -0.1) is 0 Å². The van der Waals surface area contributed by atoms with Crippen molar-refractivity contribution in [1.82, 2.24) is 10.1 Å². The second-order valence-electron chi connectivity index (χ2n) is 6.12. The summed E-state index contributed by atoms with van der Waals surface area (Å²) in [5, 5.41) is 8.07. The highest BCUT2D eigenvalue weighted by Gasteiger charge is 2.14. The molecule has 27 heavy (non-hydrogen) atoms. The third-order valence-electron chi connectivity index (χ3n) is 4.16. The molecule has 0 aliphatic heterocycles. The fraction of sp³-hybridized carbons (Fsp3) is 0.0500. The van der Waals surface area contributed by atoms with Crippen LogP contribution in [0, 0.1) is 6.92 Å². The van der Waals surface area contributed by atoms with Crippen LogP contribution in [0.3, 0.4) is 0 Å². The zero-order chi connectivity index (χ0) is 19.0. The third kappa shape index (κ3) is 3.47. The van der Waals surface area contributed by atoms with Crippen LogP contribution in [0.5, 0.6) is 0 Å². The molecule has 7 heteroatoms. The van der Waals surface area contributed by atoms with Crippen molar-refractivity contribution in [3.63, 3.8) is 0 Å². The Kier molecular flexibility index (Phi) is 4.25. The SMILES string of the molecule is Cc1cc2ccc(NC(=O)c3cc(-c4ccc(Cl)cc4)on3)cc2[nH]c1=O. The van der Waals surface area contributed by atoms with Gasteiger partial charge in [0.25, 0.3) is 11.5 Å². The molecule has 134 valence electrons. The molecule has 1 amide bonds. The molecule has 0 saturated carbocycles. The van der Waals surface area contributed by atoms with Gasteiger partial charge in [0.2, 0.25) is 0 Å². The quantitative estimate of drug-likeness (QED) is 0.552. The Labute approximate surface area is 158 Å². The number of hydrogen-bond acceptors (Lipinski definition) is 4. The molecule has 2 N–H and O–H groups in total. The van der Waals surface area contributed by atoms with Gasteiger partial charge < -0.3 is 14.8 Å². The van der Waals surface area contributed by atoms with E-state index in [1.165, 1.54) is 0 Å². The molecular formula is C20H14ClN3O3. The van der Waals surface area contributed by atoms with E-state index in [0.717, 1.165) is 10.9 Å². The lowest BCUT2D eigenvalue weighted by atomic mass is 10.1. The highest BCUT2D eigenvalue weighted by molar-refractivity contribution is 6.30. The van der Waals surface area contributed by atoms with Crippen LogP contribution in [0.1, 0.15) is 16.1 Å². The van der Waals surface area contributed by atoms with E-state index in [9.17, 15) is 9.59 Å². The normalized spacial score (nSPS) is 10.9. The van der Waals surface area contributed by atoms with Gasteiger partial charge in [-0.2, -0.15) is 0 Å². The fourth-order valence-electron chi connectivity index (χ4n) is 2.72. The largest absolute Gasteiger partial charge is 0.355 e. The highest BCUT2D eigenvalue weighted by atomic mass is 35.5. The summed E-state index contributed by atoms with van der Waals surface area (Å²) in [5.74, 6) is 0.0582. The number of carbonyl (C=O) groups is 1. The topological polar surface area (TPSA) is 88.0 Å². The second kappa shape index (κ2) is 6.74. The minimum atomic E-state index is -0.409. The molecule has 6 nitrogen and oxygen atoms in total. The van der Waals surface area contributed by atoms with Gasteiger partial charge in [0.1, 0.15) is 0 Å². The smallest absolute Gasteiger partial charge is 0.277 e. The van der Waals surface area contributed by atoms with Crippen molar-refractivity contribution in [3.05, 3.63) is 81.2 Å². The lowest BCUT2D eigenvalue weighted by Crippen LogP contribution is -2.13. The lowest BCUT2D eigenvalue weighted by Gasteiger charge is -2.05. The van der Waals surface area contributed by atoms with Crippen LogP contribution < -0.4 is 10.9 Å². The summed E-state index contributed by atoms with van der Waals surface area (Å²) >= 11 is 5.87. The van der Waals surface area contributed by atoms with E-state index in [1.807, 2.05) is 6.07 Å². The number of carbonyl (C=O) groups excluding carboxylic acids is 1. The van der Waals surface area contributed by atoms with E-state index in [-0.39, 0.29) is 11.3 Å². The van der Waals surface area contributed by atoms with Crippen molar-refractivity contribution < 1.29 is 9.32 Å². The van der Waals surface area contributed by atoms with Crippen molar-refractivity contribution in [2.24, 2.45) is 0 Å². The standard InChI is InChI=1S/C20H14ClN3O3/c1-11-8-13-4-7-15(9-16(13)23-19(11)25)22-20(26)17-10-18(27-24-17)12-2-5-14(21)6-3-12/h2-10H,1H3,(H,22,26)(H,23,25). The first-order chi connectivity index (χ1) is 13.0. The average molecular weight is 380 g/mol. The van der Waals surface area contributed by atoms with E-state index in [4.69, 9.17) is 16.1 Å². The Morgan fingerprint density at radius 3 is 2.67 bits per heavy atom. The van der Waals surface area contributed by atoms with Gasteiger partial charge in [-0.1, -0.05) is 22.8 Å². The molecule has 0 atom stereocenters. The van der Waals surface area contributed by atoms with Gasteiger partial charge in [0.15, 0.2) is 11.5 Å². The number of amides is 1. The van der Waals surface area contributed by atoms with Gasteiger partial charge >= 0.3 is 0 Å². The van der Waals surface area contributed by atoms with Crippen LogP contribution in [0.25, 0.3) is 22.2 Å². The van der Waals surface area contributed by atoms with Crippen molar-refractivity contribution in [1.29, 1.82) is 0 Å². The molecule has 0 unspecified atom stereocenters. The third-order valence-corrected chi connectivity index (χ3v) is 4.41. The summed E-state index contributed by atoms with van der Waals surface area (Å²) in [7, 11) is 0. The van der Waals surface area contributed by atoms with Crippen LogP contribution in [0.2, 0.25) is 5.02 Å². The van der Waals surface area contributed by atoms with Crippen LogP contribution in [0.15, 0.2) is 63.9 Å². The van der Waals surface area contributed by atoms with Gasteiger partial charge in [0, 0.05) is 27.9 Å². The number of halogens is 1. The van der Waals surface area contributed by atoms with Crippen LogP contribution in [0.4, 0.5) is 5.69 Å². The van der Waals surface area contributed by atoms with Crippen LogP contribution in [-0.2, 0) is 0 Å². The van der Waals surface area contributed by atoms with Gasteiger partial charge in [-0.25, -0.2) is 0 Å². The molecule has 0 fully saturated rings. The Morgan fingerprint density at radius 2 is 1.89 bits per heavy atom. The number of hydrogen-bond donors (Lipinski definition) is 2. The predicted octanol–water partition coefficient (Wildman–Crippen LogP) is 4.40. The molecule has 0 bridgehead atoms. The monoisotopic (exact) mass is 379 g/mol. The Hall–Kier alpha value is -3.38. The first-order valence-corrected chi connectivity index (χ1v) is 8.55. The molecule has 2 aromatic heterocycles. The summed E-state index contributed by atoms with van der Waals surface area (Å²) < 4.78 is 5.25. The summed E-state index contributed by atoms with van der Waals surface area (Å²) in [6.07, 6.45) is 0. The molecule has 0 aliphatic carbocycles. The lowest BCUT2D eigenvalue weighted by molar-refractivity contribution is 0.101. The first-order valence-electron chi connectivity index (χ1n) is 8.17. The molecule has 0 radical (unpaired) electrons. The number of anilines is 1. The number of nitrogens with zero attached hydrogens (tertiary/aromatic N) is 1. The summed E-state index contributed by atoms with van der Waals surface area (Å²) in [4.78, 5) is 27.0. The predicted molar refractivity (Wildman–Crippen MR) is 104 cm³/mol. The highest BCUT2D eigenvalue weighted by Crippen LogP contribution is 2.23. The maximum absolute atomic E-state index is 12.4. The number of nitrogens with one attached hydrogen (secondary N) is 2. The van der Waals surface area contributed by atoms with Crippen molar-refractivity contribution >= 4 is 34.1 Å². The zero-order valence-corrected chi connectivity index (χ0v) is 15.0. The second-order valence-corrected chi connectivity index (χ2v) is 6.56. The summed E-state index contributed by atoms with van der Waals surface area (Å²) in [5.41, 5.74) is 2.59. The Balaban J connectivity index is 1.57. The minimum Gasteiger partial charge on any atom is -0.355 e. The number of pyridine rings is 1. The molecule has 2 heterocycles. The Bertz CT molecular complexity index is 1210. The maximum Gasteiger partial charge on any atom is 0.277 e. The van der Waals surface area contributed by atoms with Crippen molar-refractivity contribution in [2.75, 3.05) is 5.32 Å². The number of aromatic nitrogens is 2. The molecular weight excluding hydrogens is 366 g/mol. The van der Waals surface area contributed by atoms with E-state index >= 15 is 0 Å². The van der Waals surface area contributed by atoms with Crippen LogP contribution in [-0.4, -0.2) is 16.0 Å². The first kappa shape index (κ1) is 17.1. The van der Waals surface area contributed by atoms with Gasteiger partial charge in [-0.05, 0) is 54.8 Å². The fourth-order valence-corrected chi connectivity index (χ4v) is 2.84. The van der Waals surface area contributed by atoms with E-state index in [0.29, 0.717) is 27.6 Å². The number of aromatic amines is 1. The maximum atomic E-state index is 12.4. The molecule has 4 aromatic rings. The van der Waals surface area contributed by atoms with Gasteiger partial charge in [0.05, 0.1) is 5.52 Å². The Morgan fingerprint density at radius 1 is 1.11 bits per heavy atom. The van der Waals surface area contributed by atoms with E-state index in [1.54, 1.807) is 55.5 Å². The molecule has 2 aromatic carbocycles.